The number of carbonyl (C=O) groups excluding carboxylic acids is 1. The Labute approximate surface area is 83.7 Å². The minimum Gasteiger partial charge on any atom is -0.351 e. The van der Waals surface area contributed by atoms with E-state index in [-0.39, 0.29) is 0 Å². The maximum atomic E-state index is 10.6. The Hall–Kier alpha value is -1.82. The average molecular weight is 212 g/mol. The number of rotatable bonds is 1. The average Bonchev–Trinajstić information content (AvgIpc) is 2.50. The van der Waals surface area contributed by atoms with Crippen molar-refractivity contribution in [2.24, 2.45) is 5.73 Å². The molecule has 0 aliphatic rings. The van der Waals surface area contributed by atoms with Gasteiger partial charge in [-0.1, -0.05) is 11.6 Å². The largest absolute Gasteiger partial charge is 0.351 e. The van der Waals surface area contributed by atoms with Crippen LogP contribution in [0.3, 0.4) is 0 Å². The van der Waals surface area contributed by atoms with Gasteiger partial charge in [0.2, 0.25) is 0 Å². The first-order valence-electron chi connectivity index (χ1n) is 3.72. The lowest BCUT2D eigenvalue weighted by Gasteiger charge is -2.02. The highest BCUT2D eigenvalue weighted by atomic mass is 35.5. The lowest BCUT2D eigenvalue weighted by molar-refractivity contribution is 0.259. The van der Waals surface area contributed by atoms with Gasteiger partial charge in [0.1, 0.15) is 6.33 Å². The van der Waals surface area contributed by atoms with Crippen LogP contribution in [0.15, 0.2) is 18.6 Å². The van der Waals surface area contributed by atoms with E-state index in [9.17, 15) is 4.79 Å². The Bertz CT molecular complexity index is 494. The zero-order chi connectivity index (χ0) is 10.1. The highest BCUT2D eigenvalue weighted by molar-refractivity contribution is 6.33. The smallest absolute Gasteiger partial charge is 0.316 e. The number of urea groups is 1. The van der Waals surface area contributed by atoms with Gasteiger partial charge in [-0.2, -0.15) is 5.10 Å². The van der Waals surface area contributed by atoms with Crippen LogP contribution in [0.25, 0.3) is 5.65 Å². The zero-order valence-corrected chi connectivity index (χ0v) is 7.69. The number of nitrogens with two attached hydrogens (primary N) is 1. The third-order valence-electron chi connectivity index (χ3n) is 1.60. The minimum absolute atomic E-state index is 0.397. The molecule has 0 saturated carbocycles. The molecule has 0 aliphatic carbocycles. The van der Waals surface area contributed by atoms with Crippen molar-refractivity contribution in [3.05, 3.63) is 23.6 Å². The number of nitrogens with one attached hydrogen (secondary N) is 1. The van der Waals surface area contributed by atoms with E-state index >= 15 is 0 Å². The summed E-state index contributed by atoms with van der Waals surface area (Å²) in [6.45, 7) is 0. The van der Waals surface area contributed by atoms with Gasteiger partial charge in [-0.05, 0) is 6.07 Å². The molecule has 0 spiro atoms. The predicted molar refractivity (Wildman–Crippen MR) is 51.2 cm³/mol. The number of nitrogens with zero attached hydrogens (tertiary/aromatic N) is 3. The fourth-order valence-corrected chi connectivity index (χ4v) is 1.35. The summed E-state index contributed by atoms with van der Waals surface area (Å²) in [6, 6.07) is 0.900. The molecule has 2 aromatic rings. The Morgan fingerprint density at radius 3 is 3.14 bits per heavy atom. The van der Waals surface area contributed by atoms with Crippen molar-refractivity contribution in [3.63, 3.8) is 0 Å². The molecular formula is C7H6ClN5O. The van der Waals surface area contributed by atoms with E-state index in [4.69, 9.17) is 17.3 Å². The van der Waals surface area contributed by atoms with Crippen LogP contribution in [0.4, 0.5) is 10.5 Å². The number of fused-ring (bicyclic) bond motifs is 1. The molecule has 2 heterocycles. The molecule has 0 bridgehead atoms. The number of amides is 2. The topological polar surface area (TPSA) is 85.3 Å². The van der Waals surface area contributed by atoms with Crippen molar-refractivity contribution >= 4 is 29.0 Å². The molecule has 2 amide bonds. The number of carbonyl (C=O) groups is 1. The first-order chi connectivity index (χ1) is 6.66. The highest BCUT2D eigenvalue weighted by Crippen LogP contribution is 2.19. The minimum atomic E-state index is -0.652. The second-order valence-corrected chi connectivity index (χ2v) is 3.00. The fourth-order valence-electron chi connectivity index (χ4n) is 1.10. The van der Waals surface area contributed by atoms with Crippen LogP contribution in [-0.2, 0) is 0 Å². The Kier molecular flexibility index (Phi) is 1.97. The van der Waals surface area contributed by atoms with E-state index in [0.717, 1.165) is 0 Å². The monoisotopic (exact) mass is 211 g/mol. The molecule has 0 radical (unpaired) electrons. The van der Waals surface area contributed by atoms with E-state index in [0.29, 0.717) is 16.4 Å². The summed E-state index contributed by atoms with van der Waals surface area (Å²) in [5, 5.41) is 6.67. The molecule has 72 valence electrons. The number of anilines is 1. The van der Waals surface area contributed by atoms with Crippen molar-refractivity contribution in [3.8, 4) is 0 Å². The second-order valence-electron chi connectivity index (χ2n) is 2.59. The van der Waals surface area contributed by atoms with E-state index < -0.39 is 6.03 Å². The molecule has 0 aromatic carbocycles. The molecule has 14 heavy (non-hydrogen) atoms. The molecule has 0 atom stereocenters. The number of pyridine rings is 1. The fraction of sp³-hybridized carbons (Fsp3) is 0. The maximum Gasteiger partial charge on any atom is 0.316 e. The molecular weight excluding hydrogens is 206 g/mol. The van der Waals surface area contributed by atoms with Crippen LogP contribution in [0.2, 0.25) is 5.02 Å². The third kappa shape index (κ3) is 1.47. The van der Waals surface area contributed by atoms with Crippen molar-refractivity contribution in [1.82, 2.24) is 14.6 Å². The molecule has 2 rings (SSSR count). The van der Waals surface area contributed by atoms with Crippen LogP contribution in [0.5, 0.6) is 0 Å². The van der Waals surface area contributed by atoms with Crippen LogP contribution < -0.4 is 11.1 Å². The summed E-state index contributed by atoms with van der Waals surface area (Å²) < 4.78 is 1.45. The van der Waals surface area contributed by atoms with Gasteiger partial charge in [-0.25, -0.2) is 14.3 Å². The van der Waals surface area contributed by atoms with Gasteiger partial charge in [0.15, 0.2) is 5.65 Å². The van der Waals surface area contributed by atoms with Gasteiger partial charge < -0.3 is 11.1 Å². The van der Waals surface area contributed by atoms with Crippen LogP contribution in [0.1, 0.15) is 0 Å². The highest BCUT2D eigenvalue weighted by Gasteiger charge is 2.04. The molecule has 0 aliphatic heterocycles. The van der Waals surface area contributed by atoms with Gasteiger partial charge in [0.25, 0.3) is 0 Å². The van der Waals surface area contributed by atoms with Gasteiger partial charge in [-0.15, -0.1) is 0 Å². The summed E-state index contributed by atoms with van der Waals surface area (Å²) >= 11 is 5.87. The molecule has 6 nitrogen and oxygen atoms in total. The summed E-state index contributed by atoms with van der Waals surface area (Å²) in [7, 11) is 0. The van der Waals surface area contributed by atoms with Crippen LogP contribution >= 0.6 is 11.6 Å². The number of hydrogen-bond acceptors (Lipinski definition) is 3. The van der Waals surface area contributed by atoms with Gasteiger partial charge >= 0.3 is 6.03 Å². The van der Waals surface area contributed by atoms with Crippen molar-refractivity contribution in [2.45, 2.75) is 0 Å². The quantitative estimate of drug-likeness (QED) is 0.734. The Balaban J connectivity index is 2.53. The van der Waals surface area contributed by atoms with Gasteiger partial charge in [0, 0.05) is 0 Å². The number of primary amides is 1. The summed E-state index contributed by atoms with van der Waals surface area (Å²) in [5.74, 6) is 0. The first kappa shape index (κ1) is 8.76. The summed E-state index contributed by atoms with van der Waals surface area (Å²) in [5.41, 5.74) is 5.96. The maximum absolute atomic E-state index is 10.6. The van der Waals surface area contributed by atoms with Crippen molar-refractivity contribution in [1.29, 1.82) is 0 Å². The predicted octanol–water partition coefficient (Wildman–Crippen LogP) is 0.873. The standard InChI is InChI=1S/C7H6ClN5O/c8-5-1-4(12-7(9)14)2-13-6(5)10-3-11-13/h1-3H,(H3,9,12,14). The summed E-state index contributed by atoms with van der Waals surface area (Å²) in [6.07, 6.45) is 2.94. The second kappa shape index (κ2) is 3.15. The van der Waals surface area contributed by atoms with Crippen LogP contribution in [-0.4, -0.2) is 20.6 Å². The van der Waals surface area contributed by atoms with Gasteiger partial charge in [-0.3, -0.25) is 0 Å². The SMILES string of the molecule is NC(=O)Nc1cc(Cl)c2ncnn2c1. The number of hydrogen-bond donors (Lipinski definition) is 2. The van der Waals surface area contributed by atoms with Crippen LogP contribution in [0, 0.1) is 0 Å². The van der Waals surface area contributed by atoms with Gasteiger partial charge in [0.05, 0.1) is 16.9 Å². The van der Waals surface area contributed by atoms with Crippen molar-refractivity contribution < 1.29 is 4.79 Å². The van der Waals surface area contributed by atoms with E-state index in [1.54, 1.807) is 12.3 Å². The number of aromatic nitrogens is 3. The Morgan fingerprint density at radius 1 is 1.64 bits per heavy atom. The van der Waals surface area contributed by atoms with Crippen molar-refractivity contribution in [2.75, 3.05) is 5.32 Å². The molecule has 7 heteroatoms. The summed E-state index contributed by atoms with van der Waals surface area (Å²) in [4.78, 5) is 14.5. The van der Waals surface area contributed by atoms with E-state index in [2.05, 4.69) is 15.4 Å². The normalized spacial score (nSPS) is 10.4. The molecule has 0 saturated heterocycles. The zero-order valence-electron chi connectivity index (χ0n) is 6.94. The Morgan fingerprint density at radius 2 is 2.43 bits per heavy atom. The lowest BCUT2D eigenvalue weighted by Crippen LogP contribution is -2.19. The third-order valence-corrected chi connectivity index (χ3v) is 1.88. The lowest BCUT2D eigenvalue weighted by atomic mass is 10.4. The molecule has 3 N–H and O–H groups in total. The van der Waals surface area contributed by atoms with E-state index in [1.165, 1.54) is 10.8 Å². The van der Waals surface area contributed by atoms with E-state index in [1.807, 2.05) is 0 Å². The molecule has 0 unspecified atom stereocenters. The molecule has 2 aromatic heterocycles. The number of halogens is 1. The first-order valence-corrected chi connectivity index (χ1v) is 4.10. The molecule has 0 fully saturated rings.